The van der Waals surface area contributed by atoms with Crippen LogP contribution in [0.1, 0.15) is 40.6 Å². The molecule has 7 rings (SSSR count). The van der Waals surface area contributed by atoms with E-state index >= 15 is 0 Å². The van der Waals surface area contributed by atoms with E-state index < -0.39 is 34.7 Å². The van der Waals surface area contributed by atoms with Crippen molar-refractivity contribution >= 4 is 17.1 Å². The van der Waals surface area contributed by atoms with Crippen molar-refractivity contribution in [1.82, 2.24) is 13.9 Å². The van der Waals surface area contributed by atoms with Crippen LogP contribution >= 0.6 is 0 Å². The number of ketones is 2. The van der Waals surface area contributed by atoms with E-state index in [1.165, 1.54) is 22.5 Å². The van der Waals surface area contributed by atoms with Gasteiger partial charge >= 0.3 is 11.4 Å². The molecule has 1 aromatic heterocycles. The van der Waals surface area contributed by atoms with E-state index in [1.807, 2.05) is 72.8 Å². The molecule has 2 aliphatic carbocycles. The lowest BCUT2D eigenvalue weighted by Crippen LogP contribution is -2.58. The quantitative estimate of drug-likeness (QED) is 0.385. The van der Waals surface area contributed by atoms with Crippen LogP contribution in [0.25, 0.3) is 5.57 Å². The molecule has 42 heavy (non-hydrogen) atoms. The smallest absolute Gasteiger partial charge is 0.347 e. The number of nitrogens with zero attached hydrogens (tertiary/aromatic N) is 3. The van der Waals surface area contributed by atoms with Crippen LogP contribution in [0, 0.1) is 12.8 Å². The molecule has 8 nitrogen and oxygen atoms in total. The second kappa shape index (κ2) is 9.27. The second-order valence-corrected chi connectivity index (χ2v) is 11.4. The van der Waals surface area contributed by atoms with Crippen LogP contribution in [0.4, 0.5) is 0 Å². The number of fused-ring (bicyclic) bond motifs is 4. The number of hydrogen-bond acceptors (Lipinski definition) is 5. The molecule has 1 fully saturated rings. The van der Waals surface area contributed by atoms with Gasteiger partial charge in [-0.1, -0.05) is 84.9 Å². The molecule has 0 spiro atoms. The molecular weight excluding hydrogens is 530 g/mol. The Kier molecular flexibility index (Phi) is 5.73. The summed E-state index contributed by atoms with van der Waals surface area (Å²) in [7, 11) is 1.44. The Morgan fingerprint density at radius 1 is 0.857 bits per heavy atom. The summed E-state index contributed by atoms with van der Waals surface area (Å²) in [5.41, 5.74) is 1.21. The fourth-order valence-electron chi connectivity index (χ4n) is 7.50. The second-order valence-electron chi connectivity index (χ2n) is 11.4. The maximum atomic E-state index is 14.8. The van der Waals surface area contributed by atoms with Crippen LogP contribution in [0.15, 0.2) is 106 Å². The van der Waals surface area contributed by atoms with Crippen molar-refractivity contribution < 1.29 is 14.7 Å². The monoisotopic (exact) mass is 559 g/mol. The van der Waals surface area contributed by atoms with Gasteiger partial charge in [0, 0.05) is 30.0 Å². The van der Waals surface area contributed by atoms with E-state index in [-0.39, 0.29) is 30.3 Å². The highest BCUT2D eigenvalue weighted by Gasteiger charge is 2.63. The standard InChI is InChI=1S/C34H29N3O5/c1-20-10-9-15-24(30(20)39)29-23-16-17-36-32(41)35(2)33(42)37(36)27(23)19-26-31(40)25(21-11-5-3-6-12-21)18-28(38)34(26,29)22-13-7-4-8-14-22/h3-16,18,26-27,29,39H,17,19H2,1-2H3. The highest BCUT2D eigenvalue weighted by Crippen LogP contribution is 2.62. The Bertz CT molecular complexity index is 1960. The van der Waals surface area contributed by atoms with Gasteiger partial charge in [-0.05, 0) is 41.7 Å². The van der Waals surface area contributed by atoms with E-state index in [9.17, 15) is 24.3 Å². The molecule has 210 valence electrons. The average Bonchev–Trinajstić information content (AvgIpc) is 3.24. The molecule has 3 aromatic carbocycles. The average molecular weight is 560 g/mol. The van der Waals surface area contributed by atoms with Crippen LogP contribution < -0.4 is 11.4 Å². The van der Waals surface area contributed by atoms with Gasteiger partial charge in [-0.2, -0.15) is 0 Å². The number of aromatic nitrogens is 3. The van der Waals surface area contributed by atoms with Gasteiger partial charge in [0.15, 0.2) is 11.6 Å². The first-order chi connectivity index (χ1) is 20.3. The molecular formula is C34H29N3O5. The van der Waals surface area contributed by atoms with Crippen LogP contribution in [-0.2, 0) is 28.6 Å². The highest BCUT2D eigenvalue weighted by atomic mass is 16.3. The predicted octanol–water partition coefficient (Wildman–Crippen LogP) is 3.82. The zero-order chi connectivity index (χ0) is 29.3. The van der Waals surface area contributed by atoms with Gasteiger partial charge in [0.25, 0.3) is 0 Å². The van der Waals surface area contributed by atoms with E-state index in [2.05, 4.69) is 0 Å². The molecule has 0 radical (unpaired) electrons. The number of carbonyl (C=O) groups excluding carboxylic acids is 2. The number of aryl methyl sites for hydroxylation is 1. The first-order valence-electron chi connectivity index (χ1n) is 14.0. The lowest BCUT2D eigenvalue weighted by molar-refractivity contribution is -0.133. The third-order valence-corrected chi connectivity index (χ3v) is 9.41. The van der Waals surface area contributed by atoms with E-state index in [4.69, 9.17) is 0 Å². The lowest BCUT2D eigenvalue weighted by atomic mass is 9.47. The summed E-state index contributed by atoms with van der Waals surface area (Å²) in [6.45, 7) is 1.92. The van der Waals surface area contributed by atoms with Crippen molar-refractivity contribution in [2.24, 2.45) is 13.0 Å². The van der Waals surface area contributed by atoms with Crippen molar-refractivity contribution in [3.63, 3.8) is 0 Å². The molecule has 1 aliphatic heterocycles. The zero-order valence-corrected chi connectivity index (χ0v) is 23.2. The molecule has 4 atom stereocenters. The normalized spacial score (nSPS) is 24.8. The predicted molar refractivity (Wildman–Crippen MR) is 157 cm³/mol. The minimum Gasteiger partial charge on any atom is -0.507 e. The molecule has 1 saturated carbocycles. The number of hydrogen-bond donors (Lipinski definition) is 1. The number of rotatable bonds is 3. The largest absolute Gasteiger partial charge is 0.507 e. The molecule has 0 amide bonds. The number of benzene rings is 3. The van der Waals surface area contributed by atoms with Gasteiger partial charge in [-0.3, -0.25) is 9.59 Å². The van der Waals surface area contributed by atoms with Gasteiger partial charge in [0.2, 0.25) is 0 Å². The van der Waals surface area contributed by atoms with E-state index in [0.717, 1.165) is 10.1 Å². The summed E-state index contributed by atoms with van der Waals surface area (Å²) in [5, 5.41) is 11.5. The number of allylic oxidation sites excluding steroid dienone is 4. The highest BCUT2D eigenvalue weighted by molar-refractivity contribution is 6.31. The molecule has 1 N–H and O–H groups in total. The first-order valence-corrected chi connectivity index (χ1v) is 14.0. The molecule has 0 saturated heterocycles. The number of Topliss-reactive ketones (excluding diaryl/α,β-unsaturated/α-hetero) is 1. The molecule has 4 unspecified atom stereocenters. The summed E-state index contributed by atoms with van der Waals surface area (Å²) in [6.07, 6.45) is 3.50. The third-order valence-electron chi connectivity index (χ3n) is 9.41. The number of phenols is 1. The minimum absolute atomic E-state index is 0.0413. The third kappa shape index (κ3) is 3.35. The maximum Gasteiger partial charge on any atom is 0.347 e. The van der Waals surface area contributed by atoms with Crippen molar-refractivity contribution in [1.29, 1.82) is 0 Å². The summed E-state index contributed by atoms with van der Waals surface area (Å²) in [6, 6.07) is 23.2. The molecule has 2 heterocycles. The van der Waals surface area contributed by atoms with E-state index in [1.54, 1.807) is 19.1 Å². The van der Waals surface area contributed by atoms with Gasteiger partial charge < -0.3 is 5.11 Å². The fourth-order valence-corrected chi connectivity index (χ4v) is 7.50. The molecule has 8 heteroatoms. The first kappa shape index (κ1) is 26.0. The lowest BCUT2D eigenvalue weighted by Gasteiger charge is -2.54. The Morgan fingerprint density at radius 3 is 2.26 bits per heavy atom. The number of carbonyl (C=O) groups is 2. The minimum atomic E-state index is -1.38. The van der Waals surface area contributed by atoms with Crippen molar-refractivity contribution in [3.05, 3.63) is 140 Å². The SMILES string of the molecule is Cc1cccc(C2C3=CCn4c(=O)n(C)c(=O)n4C3CC3C(=O)C(c4ccccc4)=CC(=O)C32c2ccccc2)c1O. The Hall–Kier alpha value is -4.98. The summed E-state index contributed by atoms with van der Waals surface area (Å²) in [4.78, 5) is 56.0. The molecule has 3 aliphatic rings. The van der Waals surface area contributed by atoms with Gasteiger partial charge in [0.05, 0.1) is 18.0 Å². The van der Waals surface area contributed by atoms with Crippen LogP contribution in [0.2, 0.25) is 0 Å². The fraction of sp³-hybridized carbons (Fsp3) is 0.235. The van der Waals surface area contributed by atoms with Crippen LogP contribution in [0.3, 0.4) is 0 Å². The molecule has 0 bridgehead atoms. The topological polar surface area (TPSA) is 103 Å². The summed E-state index contributed by atoms with van der Waals surface area (Å²) in [5.74, 6) is -2.05. The van der Waals surface area contributed by atoms with Gasteiger partial charge in [-0.15, -0.1) is 0 Å². The number of para-hydroxylation sites is 1. The summed E-state index contributed by atoms with van der Waals surface area (Å²) < 4.78 is 3.89. The Morgan fingerprint density at radius 2 is 1.55 bits per heavy atom. The Labute approximate surface area is 241 Å². The summed E-state index contributed by atoms with van der Waals surface area (Å²) >= 11 is 0. The van der Waals surface area contributed by atoms with Crippen molar-refractivity contribution in [2.75, 3.05) is 0 Å². The number of aromatic hydroxyl groups is 1. The van der Waals surface area contributed by atoms with Crippen LogP contribution in [0.5, 0.6) is 5.75 Å². The van der Waals surface area contributed by atoms with Crippen molar-refractivity contribution in [3.8, 4) is 5.75 Å². The van der Waals surface area contributed by atoms with E-state index in [0.29, 0.717) is 27.8 Å². The Balaban J connectivity index is 1.58. The van der Waals surface area contributed by atoms with Crippen molar-refractivity contribution in [2.45, 2.75) is 37.3 Å². The van der Waals surface area contributed by atoms with Gasteiger partial charge in [0.1, 0.15) is 5.75 Å². The van der Waals surface area contributed by atoms with Crippen LogP contribution in [-0.4, -0.2) is 30.6 Å². The molecule has 4 aromatic rings. The van der Waals surface area contributed by atoms with Gasteiger partial charge in [-0.25, -0.2) is 23.5 Å². The number of phenolic OH excluding ortho intramolecular Hbond substituents is 1. The zero-order valence-electron chi connectivity index (χ0n) is 23.2. The maximum absolute atomic E-state index is 14.8.